The number of benzene rings is 1. The number of nitrogens with zero attached hydrogens (tertiary/aromatic N) is 3. The lowest BCUT2D eigenvalue weighted by molar-refractivity contribution is -0.150. The van der Waals surface area contributed by atoms with Crippen molar-refractivity contribution in [1.82, 2.24) is 20.0 Å². The van der Waals surface area contributed by atoms with E-state index < -0.39 is 18.1 Å². The fraction of sp³-hybridized carbons (Fsp3) is 0.762. The maximum atomic E-state index is 14.3. The van der Waals surface area contributed by atoms with Crippen LogP contribution in [-0.4, -0.2) is 116 Å². The summed E-state index contributed by atoms with van der Waals surface area (Å²) in [7, 11) is 5.06. The lowest BCUT2D eigenvalue weighted by Crippen LogP contribution is -2.55. The Morgan fingerprint density at radius 2 is 1.58 bits per heavy atom. The number of hydrogen-bond acceptors (Lipinski definition) is 7. The number of carbonyl (C=O) groups excluding carboxylic acids is 4. The van der Waals surface area contributed by atoms with Gasteiger partial charge in [0.1, 0.15) is 5.78 Å². The summed E-state index contributed by atoms with van der Waals surface area (Å²) in [6, 6.07) is 9.81. The smallest absolute Gasteiger partial charge is 0.226 e. The van der Waals surface area contributed by atoms with Crippen LogP contribution in [0.4, 0.5) is 0 Å². The Morgan fingerprint density at radius 1 is 0.904 bits per heavy atom. The number of piperazine rings is 1. The monoisotopic (exact) mass is 727 g/mol. The minimum atomic E-state index is -0.544. The van der Waals surface area contributed by atoms with E-state index in [9.17, 15) is 19.2 Å². The van der Waals surface area contributed by atoms with Crippen molar-refractivity contribution in [2.24, 2.45) is 29.6 Å². The molecule has 3 amide bonds. The van der Waals surface area contributed by atoms with Gasteiger partial charge in [-0.3, -0.25) is 19.2 Å². The molecule has 0 spiro atoms. The van der Waals surface area contributed by atoms with Crippen LogP contribution in [0.3, 0.4) is 0 Å². The van der Waals surface area contributed by atoms with Gasteiger partial charge in [-0.1, -0.05) is 84.7 Å². The Morgan fingerprint density at radius 3 is 2.15 bits per heavy atom. The zero-order valence-corrected chi connectivity index (χ0v) is 33.9. The maximum Gasteiger partial charge on any atom is 0.226 e. The highest BCUT2D eigenvalue weighted by Gasteiger charge is 2.43. The van der Waals surface area contributed by atoms with E-state index in [1.807, 2.05) is 55.7 Å². The quantitative estimate of drug-likeness (QED) is 0.186. The normalized spacial score (nSPS) is 22.0. The molecule has 1 aromatic rings. The molecule has 0 aromatic heterocycles. The van der Waals surface area contributed by atoms with E-state index in [-0.39, 0.29) is 78.1 Å². The van der Waals surface area contributed by atoms with Crippen molar-refractivity contribution in [2.75, 3.05) is 47.4 Å². The predicted molar refractivity (Wildman–Crippen MR) is 207 cm³/mol. The average molecular weight is 727 g/mol. The molecule has 2 heterocycles. The molecule has 2 aliphatic rings. The second kappa shape index (κ2) is 21.2. The highest BCUT2D eigenvalue weighted by atomic mass is 16.5. The van der Waals surface area contributed by atoms with Crippen LogP contribution in [0.25, 0.3) is 0 Å². The molecule has 10 nitrogen and oxygen atoms in total. The van der Waals surface area contributed by atoms with Gasteiger partial charge in [0, 0.05) is 78.2 Å². The second-order valence-electron chi connectivity index (χ2n) is 15.9. The number of nitrogens with one attached hydrogen (secondary N) is 1. The van der Waals surface area contributed by atoms with Crippen LogP contribution in [0, 0.1) is 29.6 Å². The summed E-state index contributed by atoms with van der Waals surface area (Å²) in [5.74, 6) is -0.547. The number of likely N-dealkylation sites (tertiary alicyclic amines) is 1. The molecule has 0 saturated carbocycles. The van der Waals surface area contributed by atoms with Gasteiger partial charge in [0.15, 0.2) is 0 Å². The number of ketones is 1. The first-order valence-corrected chi connectivity index (χ1v) is 20.0. The first-order valence-electron chi connectivity index (χ1n) is 20.0. The number of ether oxygens (including phenoxy) is 2. The number of methoxy groups -OCH3 is 2. The van der Waals surface area contributed by atoms with Crippen molar-refractivity contribution in [3.05, 3.63) is 35.9 Å². The molecule has 3 rings (SSSR count). The third kappa shape index (κ3) is 11.3. The van der Waals surface area contributed by atoms with Gasteiger partial charge < -0.3 is 29.5 Å². The van der Waals surface area contributed by atoms with E-state index in [1.54, 1.807) is 26.2 Å². The Labute approximate surface area is 314 Å². The van der Waals surface area contributed by atoms with Gasteiger partial charge in [0.25, 0.3) is 0 Å². The highest BCUT2D eigenvalue weighted by Crippen LogP contribution is 2.32. The number of Topliss-reactive ketones (excluding diaryl/α,β-unsaturated/α-hetero) is 1. The van der Waals surface area contributed by atoms with Crippen molar-refractivity contribution in [3.8, 4) is 0 Å². The number of amides is 3. The standard InChI is InChI=1S/C42H70N4O6/c1-11-29(5)40(44(8)42(50)34(28(3)4)25-38(48)45-22-20-43-27-30(45)6)37(51-9)26-39(49)46-21-16-19-35(46)41(52-10)31(7)36(47)24-32(12-2)23-33-17-14-13-15-18-33/h13-15,17-18,28-32,34-35,37,40-41,43H,11-12,16,19-27H2,1-10H3/t29-,30+,31-,32+,34-,35-,37+,40-,41+/m0/s1. The molecular formula is C42H70N4O6. The Hall–Kier alpha value is -2.82. The van der Waals surface area contributed by atoms with Crippen LogP contribution in [-0.2, 0) is 35.1 Å². The van der Waals surface area contributed by atoms with Crippen molar-refractivity contribution >= 4 is 23.5 Å². The fourth-order valence-corrected chi connectivity index (χ4v) is 8.51. The van der Waals surface area contributed by atoms with Crippen molar-refractivity contribution in [1.29, 1.82) is 0 Å². The van der Waals surface area contributed by atoms with Crippen molar-refractivity contribution in [3.63, 3.8) is 0 Å². The van der Waals surface area contributed by atoms with E-state index in [1.165, 1.54) is 5.56 Å². The molecule has 1 N–H and O–H groups in total. The predicted octanol–water partition coefficient (Wildman–Crippen LogP) is 5.62. The molecule has 1 aromatic carbocycles. The van der Waals surface area contributed by atoms with Crippen molar-refractivity contribution < 1.29 is 28.7 Å². The minimum absolute atomic E-state index is 0.00917. The highest BCUT2D eigenvalue weighted by molar-refractivity contribution is 5.86. The van der Waals surface area contributed by atoms with Crippen LogP contribution in [0.5, 0.6) is 0 Å². The Balaban J connectivity index is 1.74. The molecule has 0 bridgehead atoms. The first-order chi connectivity index (χ1) is 24.8. The van der Waals surface area contributed by atoms with E-state index in [2.05, 4.69) is 38.2 Å². The van der Waals surface area contributed by atoms with Crippen molar-refractivity contribution in [2.45, 2.75) is 130 Å². The molecule has 294 valence electrons. The maximum absolute atomic E-state index is 14.3. The number of carbonyl (C=O) groups is 4. The molecule has 0 radical (unpaired) electrons. The zero-order valence-electron chi connectivity index (χ0n) is 33.9. The van der Waals surface area contributed by atoms with Gasteiger partial charge >= 0.3 is 0 Å². The SMILES string of the molecule is CC[C@@H](CC(=O)[C@H](C)[C@@H](OC)[C@@H]1CCCN1C(=O)C[C@@H](OC)[C@H]([C@@H](C)CC)N(C)C(=O)[C@@H](CC(=O)N1CCNC[C@H]1C)C(C)C)Cc1ccccc1. The summed E-state index contributed by atoms with van der Waals surface area (Å²) in [4.78, 5) is 61.2. The second-order valence-corrected chi connectivity index (χ2v) is 15.9. The van der Waals surface area contributed by atoms with Crippen LogP contribution in [0.15, 0.2) is 30.3 Å². The molecule has 0 unspecified atom stereocenters. The van der Waals surface area contributed by atoms with Gasteiger partial charge in [-0.2, -0.15) is 0 Å². The summed E-state index contributed by atoms with van der Waals surface area (Å²) in [6.45, 7) is 17.0. The van der Waals surface area contributed by atoms with Gasteiger partial charge in [-0.15, -0.1) is 0 Å². The van der Waals surface area contributed by atoms with Crippen LogP contribution in [0.1, 0.15) is 99.0 Å². The average Bonchev–Trinajstić information content (AvgIpc) is 3.63. The van der Waals surface area contributed by atoms with Crippen LogP contribution in [0.2, 0.25) is 0 Å². The Kier molecular flexibility index (Phi) is 17.7. The third-order valence-corrected chi connectivity index (χ3v) is 12.1. The number of hydrogen-bond donors (Lipinski definition) is 1. The van der Waals surface area contributed by atoms with E-state index >= 15 is 0 Å². The third-order valence-electron chi connectivity index (χ3n) is 12.1. The molecule has 52 heavy (non-hydrogen) atoms. The summed E-state index contributed by atoms with van der Waals surface area (Å²) >= 11 is 0. The molecular weight excluding hydrogens is 656 g/mol. The van der Waals surface area contributed by atoms with Crippen LogP contribution < -0.4 is 5.32 Å². The molecule has 9 atom stereocenters. The van der Waals surface area contributed by atoms with Crippen LogP contribution >= 0.6 is 0 Å². The zero-order chi connectivity index (χ0) is 38.5. The van der Waals surface area contributed by atoms with Gasteiger partial charge in [0.05, 0.1) is 30.7 Å². The topological polar surface area (TPSA) is 108 Å². The molecule has 2 aliphatic heterocycles. The minimum Gasteiger partial charge on any atom is -0.379 e. The van der Waals surface area contributed by atoms with E-state index in [0.717, 1.165) is 45.2 Å². The lowest BCUT2D eigenvalue weighted by atomic mass is 9.84. The molecule has 2 fully saturated rings. The molecule has 10 heteroatoms. The molecule has 0 aliphatic carbocycles. The van der Waals surface area contributed by atoms with Gasteiger partial charge in [-0.25, -0.2) is 0 Å². The van der Waals surface area contributed by atoms with E-state index in [0.29, 0.717) is 19.5 Å². The lowest BCUT2D eigenvalue weighted by Gasteiger charge is -2.41. The summed E-state index contributed by atoms with van der Waals surface area (Å²) in [5.41, 5.74) is 1.24. The Bertz CT molecular complexity index is 1280. The summed E-state index contributed by atoms with van der Waals surface area (Å²) in [6.07, 6.45) is 3.96. The largest absolute Gasteiger partial charge is 0.379 e. The molecule has 2 saturated heterocycles. The number of likely N-dealkylation sites (N-methyl/N-ethyl adjacent to an activating group) is 1. The summed E-state index contributed by atoms with van der Waals surface area (Å²) in [5, 5.41) is 3.33. The van der Waals surface area contributed by atoms with Gasteiger partial charge in [0.2, 0.25) is 17.7 Å². The van der Waals surface area contributed by atoms with Gasteiger partial charge in [-0.05, 0) is 49.5 Å². The fourth-order valence-electron chi connectivity index (χ4n) is 8.51. The first kappa shape index (κ1) is 43.6. The van der Waals surface area contributed by atoms with E-state index in [4.69, 9.17) is 9.47 Å². The number of rotatable bonds is 20. The summed E-state index contributed by atoms with van der Waals surface area (Å²) < 4.78 is 12.1.